The first-order valence-electron chi connectivity index (χ1n) is 9.98. The van der Waals surface area contributed by atoms with Gasteiger partial charge in [0.05, 0.1) is 18.0 Å². The van der Waals surface area contributed by atoms with E-state index in [0.717, 1.165) is 42.0 Å². The summed E-state index contributed by atoms with van der Waals surface area (Å²) in [6, 6.07) is 15.2. The summed E-state index contributed by atoms with van der Waals surface area (Å²) in [4.78, 5) is 4.76. The van der Waals surface area contributed by atoms with Crippen molar-refractivity contribution in [1.82, 2.24) is 9.31 Å². The SMILES string of the molecule is CC(C)N(C(C)C)S(=O)(=O)c1ccc(Cc2ccc(C3=NCCN3N)cc2)cc1.Cl. The van der Waals surface area contributed by atoms with Crippen LogP contribution in [-0.2, 0) is 16.4 Å². The third-order valence-electron chi connectivity index (χ3n) is 5.01. The average molecular weight is 451 g/mol. The number of halogens is 1. The van der Waals surface area contributed by atoms with Gasteiger partial charge in [0.25, 0.3) is 0 Å². The number of sulfonamides is 1. The molecule has 2 aromatic carbocycles. The molecule has 2 aromatic rings. The molecule has 1 aliphatic rings. The van der Waals surface area contributed by atoms with Gasteiger partial charge in [-0.2, -0.15) is 4.31 Å². The minimum atomic E-state index is -3.51. The van der Waals surface area contributed by atoms with E-state index in [9.17, 15) is 8.42 Å². The Balaban J connectivity index is 0.00000320. The van der Waals surface area contributed by atoms with Gasteiger partial charge in [0.2, 0.25) is 10.0 Å². The monoisotopic (exact) mass is 450 g/mol. The second-order valence-corrected chi connectivity index (χ2v) is 9.78. The summed E-state index contributed by atoms with van der Waals surface area (Å²) in [7, 11) is -3.51. The van der Waals surface area contributed by atoms with Crippen molar-refractivity contribution in [2.45, 2.75) is 51.1 Å². The maximum absolute atomic E-state index is 13.0. The van der Waals surface area contributed by atoms with Crippen molar-refractivity contribution in [3.05, 3.63) is 65.2 Å². The quantitative estimate of drug-likeness (QED) is 0.655. The van der Waals surface area contributed by atoms with Crippen LogP contribution >= 0.6 is 12.4 Å². The molecule has 0 saturated carbocycles. The maximum atomic E-state index is 13.0. The number of hydrogen-bond acceptors (Lipinski definition) is 5. The second-order valence-electron chi connectivity index (χ2n) is 7.94. The van der Waals surface area contributed by atoms with Gasteiger partial charge in [-0.25, -0.2) is 14.3 Å². The number of nitrogens with two attached hydrogens (primary N) is 1. The van der Waals surface area contributed by atoms with Crippen LogP contribution in [0.3, 0.4) is 0 Å². The number of hydrogen-bond donors (Lipinski definition) is 1. The summed E-state index contributed by atoms with van der Waals surface area (Å²) in [6.07, 6.45) is 0.734. The van der Waals surface area contributed by atoms with Crippen molar-refractivity contribution in [2.75, 3.05) is 13.1 Å². The lowest BCUT2D eigenvalue weighted by Gasteiger charge is -2.29. The smallest absolute Gasteiger partial charge is 0.243 e. The fourth-order valence-corrected chi connectivity index (χ4v) is 5.61. The number of aliphatic imine (C=N–C) groups is 1. The molecule has 8 heteroatoms. The van der Waals surface area contributed by atoms with Gasteiger partial charge in [-0.15, -0.1) is 12.4 Å². The molecule has 0 unspecified atom stereocenters. The summed E-state index contributed by atoms with van der Waals surface area (Å²) in [5.41, 5.74) is 3.23. The zero-order chi connectivity index (χ0) is 21.2. The van der Waals surface area contributed by atoms with E-state index in [4.69, 9.17) is 5.84 Å². The van der Waals surface area contributed by atoms with E-state index in [0.29, 0.717) is 4.90 Å². The molecule has 1 aliphatic heterocycles. The van der Waals surface area contributed by atoms with Gasteiger partial charge in [0.1, 0.15) is 5.84 Å². The molecule has 1 heterocycles. The lowest BCUT2D eigenvalue weighted by molar-refractivity contribution is 0.302. The molecule has 0 atom stereocenters. The Morgan fingerprint density at radius 3 is 1.90 bits per heavy atom. The van der Waals surface area contributed by atoms with Crippen LogP contribution in [0.15, 0.2) is 58.4 Å². The van der Waals surface area contributed by atoms with Crippen LogP contribution in [0.2, 0.25) is 0 Å². The first kappa shape index (κ1) is 24.3. The summed E-state index contributed by atoms with van der Waals surface area (Å²) >= 11 is 0. The predicted molar refractivity (Wildman–Crippen MR) is 125 cm³/mol. The van der Waals surface area contributed by atoms with Crippen molar-refractivity contribution in [3.8, 4) is 0 Å². The Kier molecular flexibility index (Phi) is 8.05. The standard InChI is InChI=1S/C22H30N4O2S.ClH/c1-16(2)26(17(3)4)29(27,28)21-11-7-19(8-12-21)15-18-5-9-20(10-6-18)22-24-13-14-25(22)23;/h5-12,16-17H,13-15,23H2,1-4H3;1H. The van der Waals surface area contributed by atoms with Crippen LogP contribution in [0.5, 0.6) is 0 Å². The lowest BCUT2D eigenvalue weighted by atomic mass is 10.0. The molecule has 0 saturated heterocycles. The first-order chi connectivity index (χ1) is 13.7. The van der Waals surface area contributed by atoms with E-state index < -0.39 is 10.0 Å². The zero-order valence-corrected chi connectivity index (χ0v) is 19.6. The second kappa shape index (κ2) is 9.92. The van der Waals surface area contributed by atoms with Gasteiger partial charge in [0, 0.05) is 17.6 Å². The lowest BCUT2D eigenvalue weighted by Crippen LogP contribution is -2.41. The van der Waals surface area contributed by atoms with Crippen molar-refractivity contribution in [3.63, 3.8) is 0 Å². The topological polar surface area (TPSA) is 79.0 Å². The van der Waals surface area contributed by atoms with Crippen molar-refractivity contribution < 1.29 is 8.42 Å². The molecule has 2 N–H and O–H groups in total. The fourth-order valence-electron chi connectivity index (χ4n) is 3.78. The molecular formula is C22H31ClN4O2S. The van der Waals surface area contributed by atoms with Crippen molar-refractivity contribution >= 4 is 28.3 Å². The Labute approximate surface area is 186 Å². The molecule has 0 aliphatic carbocycles. The number of benzene rings is 2. The van der Waals surface area contributed by atoms with Crippen LogP contribution in [0, 0.1) is 0 Å². The molecule has 0 amide bonds. The zero-order valence-electron chi connectivity index (χ0n) is 17.9. The van der Waals surface area contributed by atoms with Gasteiger partial charge < -0.3 is 0 Å². The van der Waals surface area contributed by atoms with Gasteiger partial charge in [-0.3, -0.25) is 10.0 Å². The van der Waals surface area contributed by atoms with Crippen LogP contribution < -0.4 is 5.84 Å². The van der Waals surface area contributed by atoms with Crippen LogP contribution in [0.25, 0.3) is 0 Å². The fraction of sp³-hybridized carbons (Fsp3) is 0.409. The molecule has 6 nitrogen and oxygen atoms in total. The van der Waals surface area contributed by atoms with E-state index in [2.05, 4.69) is 17.1 Å². The minimum absolute atomic E-state index is 0. The van der Waals surface area contributed by atoms with E-state index in [1.165, 1.54) is 0 Å². The number of rotatable bonds is 7. The normalized spacial score (nSPS) is 14.4. The Morgan fingerprint density at radius 2 is 1.47 bits per heavy atom. The van der Waals surface area contributed by atoms with Gasteiger partial charge in [-0.1, -0.05) is 36.4 Å². The Hall–Kier alpha value is -1.93. The Morgan fingerprint density at radius 1 is 0.967 bits per heavy atom. The molecule has 0 aromatic heterocycles. The predicted octanol–water partition coefficient (Wildman–Crippen LogP) is 3.44. The summed E-state index contributed by atoms with van der Waals surface area (Å²) < 4.78 is 27.5. The number of nitrogens with zero attached hydrogens (tertiary/aromatic N) is 3. The van der Waals surface area contributed by atoms with E-state index in [1.54, 1.807) is 21.4 Å². The molecular weight excluding hydrogens is 420 g/mol. The van der Waals surface area contributed by atoms with Crippen LogP contribution in [-0.4, -0.2) is 48.7 Å². The maximum Gasteiger partial charge on any atom is 0.243 e. The highest BCUT2D eigenvalue weighted by Crippen LogP contribution is 2.22. The molecule has 30 heavy (non-hydrogen) atoms. The van der Waals surface area contributed by atoms with E-state index in [1.807, 2.05) is 52.0 Å². The summed E-state index contributed by atoms with van der Waals surface area (Å²) in [5.74, 6) is 6.76. The molecule has 0 bridgehead atoms. The van der Waals surface area contributed by atoms with E-state index in [-0.39, 0.29) is 24.5 Å². The molecule has 3 rings (SSSR count). The molecule has 0 fully saturated rings. The summed E-state index contributed by atoms with van der Waals surface area (Å²) in [5, 5.41) is 1.67. The van der Waals surface area contributed by atoms with Gasteiger partial charge in [-0.05, 0) is 57.4 Å². The van der Waals surface area contributed by atoms with Crippen molar-refractivity contribution in [2.24, 2.45) is 10.8 Å². The third kappa shape index (κ3) is 5.21. The number of amidine groups is 1. The van der Waals surface area contributed by atoms with Crippen molar-refractivity contribution in [1.29, 1.82) is 0 Å². The molecule has 0 spiro atoms. The van der Waals surface area contributed by atoms with Crippen LogP contribution in [0.1, 0.15) is 44.4 Å². The largest absolute Gasteiger partial charge is 0.293 e. The minimum Gasteiger partial charge on any atom is -0.293 e. The van der Waals surface area contributed by atoms with Gasteiger partial charge >= 0.3 is 0 Å². The highest BCUT2D eigenvalue weighted by Gasteiger charge is 2.29. The first-order valence-corrected chi connectivity index (χ1v) is 11.4. The highest BCUT2D eigenvalue weighted by molar-refractivity contribution is 7.89. The Bertz CT molecular complexity index is 963. The molecule has 0 radical (unpaired) electrons. The number of hydrazine groups is 1. The van der Waals surface area contributed by atoms with E-state index >= 15 is 0 Å². The third-order valence-corrected chi connectivity index (χ3v) is 7.28. The van der Waals surface area contributed by atoms with Gasteiger partial charge in [0.15, 0.2) is 0 Å². The average Bonchev–Trinajstić information content (AvgIpc) is 3.08. The summed E-state index contributed by atoms with van der Waals surface area (Å²) in [6.45, 7) is 9.08. The highest BCUT2D eigenvalue weighted by atomic mass is 35.5. The van der Waals surface area contributed by atoms with Crippen LogP contribution in [0.4, 0.5) is 0 Å². The molecule has 164 valence electrons.